The lowest BCUT2D eigenvalue weighted by Crippen LogP contribution is -2.06. The first-order chi connectivity index (χ1) is 15.4. The van der Waals surface area contributed by atoms with Crippen molar-refractivity contribution in [3.63, 3.8) is 0 Å². The highest BCUT2D eigenvalue weighted by Crippen LogP contribution is 2.35. The van der Waals surface area contributed by atoms with Crippen molar-refractivity contribution in [1.29, 1.82) is 0 Å². The molecule has 0 fully saturated rings. The van der Waals surface area contributed by atoms with E-state index in [2.05, 4.69) is 21.2 Å². The molecule has 0 radical (unpaired) electrons. The fraction of sp³-hybridized carbons (Fsp3) is 0.208. The number of carbonyl (C=O) groups is 1. The second-order valence-electron chi connectivity index (χ2n) is 6.81. The van der Waals surface area contributed by atoms with Crippen LogP contribution in [0.25, 0.3) is 0 Å². The Labute approximate surface area is 194 Å². The molecule has 0 aliphatic carbocycles. The number of aromatic carboxylic acids is 1. The molecule has 0 aromatic heterocycles. The van der Waals surface area contributed by atoms with Gasteiger partial charge in [-0.3, -0.25) is 0 Å². The van der Waals surface area contributed by atoms with Gasteiger partial charge in [-0.05, 0) is 60.5 Å². The van der Waals surface area contributed by atoms with Crippen molar-refractivity contribution in [2.45, 2.75) is 20.1 Å². The van der Waals surface area contributed by atoms with Gasteiger partial charge in [-0.15, -0.1) is 0 Å². The molecule has 0 aliphatic rings. The Morgan fingerprint density at radius 3 is 2.41 bits per heavy atom. The quantitative estimate of drug-likeness (QED) is 0.359. The van der Waals surface area contributed by atoms with E-state index >= 15 is 0 Å². The number of hydrogen-bond donors (Lipinski definition) is 2. The first kappa shape index (κ1) is 23.4. The lowest BCUT2D eigenvalue weighted by molar-refractivity contribution is 0.0697. The molecule has 0 aliphatic heterocycles. The Balaban J connectivity index is 1.79. The van der Waals surface area contributed by atoms with Crippen LogP contribution in [0.3, 0.4) is 0 Å². The van der Waals surface area contributed by atoms with Crippen LogP contribution in [0.5, 0.6) is 17.2 Å². The van der Waals surface area contributed by atoms with Crippen molar-refractivity contribution in [1.82, 2.24) is 0 Å². The Morgan fingerprint density at radius 2 is 1.75 bits per heavy atom. The summed E-state index contributed by atoms with van der Waals surface area (Å²) in [4.78, 5) is 11.3. The van der Waals surface area contributed by atoms with Gasteiger partial charge in [0.1, 0.15) is 18.2 Å². The van der Waals surface area contributed by atoms with E-state index in [0.717, 1.165) is 15.6 Å². The van der Waals surface area contributed by atoms with E-state index in [9.17, 15) is 14.3 Å². The average molecular weight is 504 g/mol. The van der Waals surface area contributed by atoms with Crippen LogP contribution < -0.4 is 19.5 Å². The molecule has 32 heavy (non-hydrogen) atoms. The summed E-state index contributed by atoms with van der Waals surface area (Å²) in [5, 5.41) is 12.5. The molecule has 3 rings (SSSR count). The molecule has 2 N–H and O–H groups in total. The van der Waals surface area contributed by atoms with Crippen LogP contribution in [-0.2, 0) is 13.2 Å². The standard InChI is InChI=1S/C24H23BrFNO5/c1-3-31-22-11-17(13-27-20-10-16(24(28)29)6-9-21(20)30-2)19(25)12-23(22)32-14-15-4-7-18(26)8-5-15/h4-12,27H,3,13-14H2,1-2H3,(H,28,29). The van der Waals surface area contributed by atoms with E-state index in [1.807, 2.05) is 19.1 Å². The molecule has 0 amide bonds. The SMILES string of the molecule is CCOc1cc(CNc2cc(C(=O)O)ccc2OC)c(Br)cc1OCc1ccc(F)cc1. The van der Waals surface area contributed by atoms with Crippen molar-refractivity contribution >= 4 is 27.6 Å². The number of benzene rings is 3. The summed E-state index contributed by atoms with van der Waals surface area (Å²) in [6, 6.07) is 14.4. The molecule has 8 heteroatoms. The number of methoxy groups -OCH3 is 1. The van der Waals surface area contributed by atoms with Crippen LogP contribution in [0.15, 0.2) is 59.1 Å². The minimum absolute atomic E-state index is 0.159. The van der Waals surface area contributed by atoms with Gasteiger partial charge in [0.05, 0.1) is 25.0 Å². The molecule has 0 heterocycles. The monoisotopic (exact) mass is 503 g/mol. The van der Waals surface area contributed by atoms with E-state index in [1.54, 1.807) is 18.2 Å². The van der Waals surface area contributed by atoms with Crippen LogP contribution in [-0.4, -0.2) is 24.8 Å². The third-order valence-electron chi connectivity index (χ3n) is 4.64. The maximum atomic E-state index is 13.1. The minimum atomic E-state index is -1.02. The van der Waals surface area contributed by atoms with Gasteiger partial charge in [-0.2, -0.15) is 0 Å². The Bertz CT molecular complexity index is 1090. The summed E-state index contributed by atoms with van der Waals surface area (Å²) in [7, 11) is 1.53. The van der Waals surface area contributed by atoms with Crippen LogP contribution in [0.1, 0.15) is 28.4 Å². The number of nitrogens with one attached hydrogen (secondary N) is 1. The summed E-state index contributed by atoms with van der Waals surface area (Å²) in [6.07, 6.45) is 0. The number of hydrogen-bond acceptors (Lipinski definition) is 5. The molecule has 0 spiro atoms. The molecule has 0 unspecified atom stereocenters. The van der Waals surface area contributed by atoms with Gasteiger partial charge in [0.15, 0.2) is 11.5 Å². The fourth-order valence-electron chi connectivity index (χ4n) is 3.01. The molecule has 3 aromatic carbocycles. The summed E-state index contributed by atoms with van der Waals surface area (Å²) >= 11 is 3.56. The van der Waals surface area contributed by atoms with Crippen LogP contribution in [0, 0.1) is 5.82 Å². The zero-order valence-electron chi connectivity index (χ0n) is 17.7. The maximum Gasteiger partial charge on any atom is 0.335 e. The van der Waals surface area contributed by atoms with Gasteiger partial charge in [0, 0.05) is 11.0 Å². The van der Waals surface area contributed by atoms with Gasteiger partial charge in [-0.25, -0.2) is 9.18 Å². The van der Waals surface area contributed by atoms with E-state index < -0.39 is 5.97 Å². The smallest absolute Gasteiger partial charge is 0.335 e. The van der Waals surface area contributed by atoms with Crippen molar-refractivity contribution in [3.05, 3.63) is 81.6 Å². The first-order valence-electron chi connectivity index (χ1n) is 9.89. The highest BCUT2D eigenvalue weighted by molar-refractivity contribution is 9.10. The first-order valence-corrected chi connectivity index (χ1v) is 10.7. The molecule has 0 bridgehead atoms. The minimum Gasteiger partial charge on any atom is -0.495 e. The van der Waals surface area contributed by atoms with E-state index in [1.165, 1.54) is 31.4 Å². The van der Waals surface area contributed by atoms with Crippen molar-refractivity contribution in [2.24, 2.45) is 0 Å². The van der Waals surface area contributed by atoms with Gasteiger partial charge < -0.3 is 24.6 Å². The van der Waals surface area contributed by atoms with Gasteiger partial charge in [0.2, 0.25) is 0 Å². The van der Waals surface area contributed by atoms with Crippen molar-refractivity contribution in [3.8, 4) is 17.2 Å². The number of carboxylic acids is 1. The third kappa shape index (κ3) is 5.91. The average Bonchev–Trinajstić information content (AvgIpc) is 2.79. The fourth-order valence-corrected chi connectivity index (χ4v) is 3.47. The number of carboxylic acid groups (broad SMARTS) is 1. The highest BCUT2D eigenvalue weighted by Gasteiger charge is 2.13. The summed E-state index contributed by atoms with van der Waals surface area (Å²) in [5.41, 5.74) is 2.44. The summed E-state index contributed by atoms with van der Waals surface area (Å²) in [5.74, 6) is 0.348. The van der Waals surface area contributed by atoms with Gasteiger partial charge >= 0.3 is 5.97 Å². The number of ether oxygens (including phenoxy) is 3. The summed E-state index contributed by atoms with van der Waals surface area (Å²) in [6.45, 7) is 2.99. The molecule has 3 aromatic rings. The maximum absolute atomic E-state index is 13.1. The van der Waals surface area contributed by atoms with Crippen molar-refractivity contribution < 1.29 is 28.5 Å². The van der Waals surface area contributed by atoms with Crippen molar-refractivity contribution in [2.75, 3.05) is 19.0 Å². The normalized spacial score (nSPS) is 10.5. The van der Waals surface area contributed by atoms with Crippen LogP contribution in [0.2, 0.25) is 0 Å². The second-order valence-corrected chi connectivity index (χ2v) is 7.67. The summed E-state index contributed by atoms with van der Waals surface area (Å²) < 4.78 is 30.9. The molecule has 168 valence electrons. The Hall–Kier alpha value is -3.26. The lowest BCUT2D eigenvalue weighted by Gasteiger charge is -2.17. The number of anilines is 1. The molecular formula is C24H23BrFNO5. The Morgan fingerprint density at radius 1 is 1.03 bits per heavy atom. The number of rotatable bonds is 10. The molecule has 0 saturated carbocycles. The third-order valence-corrected chi connectivity index (χ3v) is 5.37. The van der Waals surface area contributed by atoms with Crippen LogP contribution in [0.4, 0.5) is 10.1 Å². The second kappa shape index (κ2) is 10.9. The Kier molecular flexibility index (Phi) is 7.94. The highest BCUT2D eigenvalue weighted by atomic mass is 79.9. The van der Waals surface area contributed by atoms with E-state index in [0.29, 0.717) is 36.1 Å². The van der Waals surface area contributed by atoms with Gasteiger partial charge in [0.25, 0.3) is 0 Å². The van der Waals surface area contributed by atoms with E-state index in [4.69, 9.17) is 14.2 Å². The molecule has 0 saturated heterocycles. The predicted octanol–water partition coefficient (Wildman–Crippen LogP) is 5.88. The topological polar surface area (TPSA) is 77.0 Å². The van der Waals surface area contributed by atoms with Gasteiger partial charge in [-0.1, -0.05) is 28.1 Å². The van der Waals surface area contributed by atoms with E-state index in [-0.39, 0.29) is 18.0 Å². The lowest BCUT2D eigenvalue weighted by atomic mass is 10.1. The largest absolute Gasteiger partial charge is 0.495 e. The zero-order valence-corrected chi connectivity index (χ0v) is 19.2. The zero-order chi connectivity index (χ0) is 23.1. The predicted molar refractivity (Wildman–Crippen MR) is 123 cm³/mol. The van der Waals surface area contributed by atoms with Crippen LogP contribution >= 0.6 is 15.9 Å². The molecular weight excluding hydrogens is 481 g/mol. The number of halogens is 2. The molecule has 6 nitrogen and oxygen atoms in total. The molecule has 0 atom stereocenters.